The first-order valence-electron chi connectivity index (χ1n) is 10.4. The van der Waals surface area contributed by atoms with Gasteiger partial charge in [0.1, 0.15) is 0 Å². The number of aromatic nitrogens is 5. The number of hydrogen-bond acceptors (Lipinski definition) is 6. The number of nitrogens with zero attached hydrogens (tertiary/aromatic N) is 7. The largest absolute Gasteiger partial charge is 0.338 e. The van der Waals surface area contributed by atoms with Crippen LogP contribution in [0.2, 0.25) is 5.02 Å². The van der Waals surface area contributed by atoms with Crippen molar-refractivity contribution < 1.29 is 0 Å². The topological polar surface area (TPSA) is 55.0 Å². The van der Waals surface area contributed by atoms with E-state index in [1.54, 1.807) is 12.4 Å². The minimum absolute atomic E-state index is 0.628. The van der Waals surface area contributed by atoms with Gasteiger partial charge < -0.3 is 4.90 Å². The summed E-state index contributed by atoms with van der Waals surface area (Å²) in [5.74, 6) is 1.58. The van der Waals surface area contributed by atoms with Crippen molar-refractivity contribution in [3.63, 3.8) is 0 Å². The molecule has 1 saturated heterocycles. The average Bonchev–Trinajstić information content (AvgIpc) is 3.17. The summed E-state index contributed by atoms with van der Waals surface area (Å²) in [6, 6.07) is 19.6. The Morgan fingerprint density at radius 2 is 1.53 bits per heavy atom. The number of para-hydroxylation sites is 1. The van der Waals surface area contributed by atoms with Gasteiger partial charge >= 0.3 is 0 Å². The average molecular weight is 464 g/mol. The van der Waals surface area contributed by atoms with Gasteiger partial charge in [0.05, 0.1) is 6.67 Å². The van der Waals surface area contributed by atoms with Crippen LogP contribution in [-0.2, 0) is 6.67 Å². The van der Waals surface area contributed by atoms with Crippen molar-refractivity contribution in [1.29, 1.82) is 0 Å². The minimum Gasteiger partial charge on any atom is -0.338 e. The summed E-state index contributed by atoms with van der Waals surface area (Å²) >= 11 is 12.0. The third kappa shape index (κ3) is 4.29. The summed E-state index contributed by atoms with van der Waals surface area (Å²) in [5, 5.41) is 5.60. The van der Waals surface area contributed by atoms with Crippen LogP contribution >= 0.6 is 23.8 Å². The Labute approximate surface area is 196 Å². The van der Waals surface area contributed by atoms with Crippen LogP contribution in [0.5, 0.6) is 0 Å². The molecule has 32 heavy (non-hydrogen) atoms. The van der Waals surface area contributed by atoms with Crippen LogP contribution in [-0.4, -0.2) is 55.4 Å². The quantitative estimate of drug-likeness (QED) is 0.411. The van der Waals surface area contributed by atoms with E-state index in [4.69, 9.17) is 28.9 Å². The maximum absolute atomic E-state index is 6.10. The van der Waals surface area contributed by atoms with E-state index in [1.165, 1.54) is 0 Å². The molecule has 0 amide bonds. The van der Waals surface area contributed by atoms with Gasteiger partial charge in [-0.1, -0.05) is 29.8 Å². The van der Waals surface area contributed by atoms with Gasteiger partial charge in [-0.3, -0.25) is 9.47 Å². The van der Waals surface area contributed by atoms with Gasteiger partial charge in [-0.25, -0.2) is 14.6 Å². The van der Waals surface area contributed by atoms with Crippen molar-refractivity contribution in [2.75, 3.05) is 31.1 Å². The lowest BCUT2D eigenvalue weighted by Gasteiger charge is -2.34. The number of halogens is 1. The first-order chi connectivity index (χ1) is 15.7. The van der Waals surface area contributed by atoms with E-state index in [-0.39, 0.29) is 0 Å². The molecule has 0 atom stereocenters. The summed E-state index contributed by atoms with van der Waals surface area (Å²) < 4.78 is 4.59. The van der Waals surface area contributed by atoms with Gasteiger partial charge in [-0.05, 0) is 54.7 Å². The van der Waals surface area contributed by atoms with Crippen LogP contribution in [0.25, 0.3) is 17.1 Å². The Kier molecular flexibility index (Phi) is 5.98. The molecule has 0 N–H and O–H groups in total. The number of anilines is 1. The highest BCUT2D eigenvalue weighted by Crippen LogP contribution is 2.24. The predicted molar refractivity (Wildman–Crippen MR) is 129 cm³/mol. The van der Waals surface area contributed by atoms with Crippen molar-refractivity contribution in [2.45, 2.75) is 6.67 Å². The molecule has 9 heteroatoms. The first kappa shape index (κ1) is 20.8. The van der Waals surface area contributed by atoms with Gasteiger partial charge in [-0.2, -0.15) is 0 Å². The van der Waals surface area contributed by atoms with E-state index in [1.807, 2.05) is 69.9 Å². The number of benzene rings is 2. The first-order valence-corrected chi connectivity index (χ1v) is 11.2. The molecule has 0 unspecified atom stereocenters. The van der Waals surface area contributed by atoms with E-state index in [2.05, 4.69) is 19.8 Å². The normalized spacial score (nSPS) is 14.6. The van der Waals surface area contributed by atoms with Crippen LogP contribution in [0.15, 0.2) is 73.1 Å². The molecule has 0 spiro atoms. The zero-order chi connectivity index (χ0) is 21.9. The van der Waals surface area contributed by atoms with E-state index < -0.39 is 0 Å². The fraction of sp³-hybridized carbons (Fsp3) is 0.217. The van der Waals surface area contributed by atoms with Crippen LogP contribution in [0.4, 0.5) is 5.95 Å². The third-order valence-electron chi connectivity index (χ3n) is 5.50. The van der Waals surface area contributed by atoms with Crippen LogP contribution in [0.3, 0.4) is 0 Å². The van der Waals surface area contributed by atoms with E-state index in [0.29, 0.717) is 16.5 Å². The molecule has 2 aromatic carbocycles. The molecular weight excluding hydrogens is 442 g/mol. The third-order valence-corrected chi connectivity index (χ3v) is 6.14. The van der Waals surface area contributed by atoms with Crippen LogP contribution in [0, 0.1) is 4.77 Å². The molecule has 0 bridgehead atoms. The highest BCUT2D eigenvalue weighted by molar-refractivity contribution is 7.71. The smallest absolute Gasteiger partial charge is 0.225 e. The lowest BCUT2D eigenvalue weighted by molar-refractivity contribution is 0.193. The van der Waals surface area contributed by atoms with Crippen molar-refractivity contribution in [3.8, 4) is 17.1 Å². The number of rotatable bonds is 5. The minimum atomic E-state index is 0.628. The Balaban J connectivity index is 1.41. The summed E-state index contributed by atoms with van der Waals surface area (Å²) in [7, 11) is 0. The fourth-order valence-electron chi connectivity index (χ4n) is 3.83. The number of piperazine rings is 1. The molecule has 1 aliphatic heterocycles. The summed E-state index contributed by atoms with van der Waals surface area (Å²) in [5.41, 5.74) is 1.95. The second-order valence-corrected chi connectivity index (χ2v) is 8.38. The second kappa shape index (κ2) is 9.20. The zero-order valence-electron chi connectivity index (χ0n) is 17.4. The Bertz CT molecular complexity index is 1230. The van der Waals surface area contributed by atoms with Gasteiger partial charge in [0, 0.05) is 54.8 Å². The molecule has 1 fully saturated rings. The fourth-order valence-corrected chi connectivity index (χ4v) is 4.25. The maximum Gasteiger partial charge on any atom is 0.225 e. The molecular formula is C23H22ClN7S. The molecule has 162 valence electrons. The highest BCUT2D eigenvalue weighted by atomic mass is 35.5. The van der Waals surface area contributed by atoms with Gasteiger partial charge in [0.25, 0.3) is 0 Å². The maximum atomic E-state index is 6.10. The molecule has 5 rings (SSSR count). The van der Waals surface area contributed by atoms with Gasteiger partial charge in [0.2, 0.25) is 10.7 Å². The van der Waals surface area contributed by atoms with Crippen molar-refractivity contribution >= 4 is 29.8 Å². The Morgan fingerprint density at radius 1 is 0.844 bits per heavy atom. The summed E-state index contributed by atoms with van der Waals surface area (Å²) in [6.45, 7) is 4.12. The predicted octanol–water partition coefficient (Wildman–Crippen LogP) is 4.29. The molecule has 0 saturated carbocycles. The van der Waals surface area contributed by atoms with Crippen LogP contribution < -0.4 is 4.90 Å². The van der Waals surface area contributed by atoms with Crippen molar-refractivity contribution in [3.05, 3.63) is 82.9 Å². The molecule has 2 aromatic heterocycles. The lowest BCUT2D eigenvalue weighted by Crippen LogP contribution is -2.47. The van der Waals surface area contributed by atoms with E-state index in [9.17, 15) is 0 Å². The summed E-state index contributed by atoms with van der Waals surface area (Å²) in [4.78, 5) is 13.3. The van der Waals surface area contributed by atoms with E-state index >= 15 is 0 Å². The van der Waals surface area contributed by atoms with Gasteiger partial charge in [0.15, 0.2) is 5.82 Å². The zero-order valence-corrected chi connectivity index (χ0v) is 19.0. The molecule has 1 aliphatic rings. The summed E-state index contributed by atoms with van der Waals surface area (Å²) in [6.07, 6.45) is 3.56. The highest BCUT2D eigenvalue weighted by Gasteiger charge is 2.21. The molecule has 0 aliphatic carbocycles. The number of hydrogen-bond donors (Lipinski definition) is 0. The second-order valence-electron chi connectivity index (χ2n) is 7.58. The van der Waals surface area contributed by atoms with E-state index in [0.717, 1.165) is 49.2 Å². The SMILES string of the molecule is S=c1n(CN2CCN(c3ncccn3)CC2)nc(-c2ccc(Cl)cc2)n1-c1ccccc1. The molecule has 4 aromatic rings. The lowest BCUT2D eigenvalue weighted by atomic mass is 10.2. The monoisotopic (exact) mass is 463 g/mol. The molecule has 3 heterocycles. The van der Waals surface area contributed by atoms with Crippen LogP contribution in [0.1, 0.15) is 0 Å². The van der Waals surface area contributed by atoms with Gasteiger partial charge in [-0.15, -0.1) is 5.10 Å². The standard InChI is InChI=1S/C23H22ClN7S/c24-19-9-7-18(8-10-19)21-27-30(23(32)31(21)20-5-2-1-3-6-20)17-28-13-15-29(16-14-28)22-25-11-4-12-26-22/h1-12H,13-17H2. The van der Waals surface area contributed by atoms with Crippen molar-refractivity contribution in [2.24, 2.45) is 0 Å². The Hall–Kier alpha value is -3.07. The molecule has 7 nitrogen and oxygen atoms in total. The van der Waals surface area contributed by atoms with Crippen molar-refractivity contribution in [1.82, 2.24) is 29.2 Å². The Morgan fingerprint density at radius 3 is 2.22 bits per heavy atom. The molecule has 0 radical (unpaired) electrons.